The van der Waals surface area contributed by atoms with Gasteiger partial charge in [0.05, 0.1) is 17.6 Å². The highest BCUT2D eigenvalue weighted by atomic mass is 35.5. The maximum atomic E-state index is 13.8. The molecule has 7 nitrogen and oxygen atoms in total. The van der Waals surface area contributed by atoms with Gasteiger partial charge in [0.1, 0.15) is 5.60 Å². The lowest BCUT2D eigenvalue weighted by Crippen LogP contribution is -2.64. The van der Waals surface area contributed by atoms with Crippen LogP contribution in [0.5, 0.6) is 0 Å². The van der Waals surface area contributed by atoms with E-state index < -0.39 is 39.9 Å². The Balaban J connectivity index is 1.43. The maximum absolute atomic E-state index is 13.8. The van der Waals surface area contributed by atoms with Crippen LogP contribution in [0.4, 0.5) is 0 Å². The van der Waals surface area contributed by atoms with E-state index in [0.29, 0.717) is 19.3 Å². The van der Waals surface area contributed by atoms with E-state index in [1.165, 1.54) is 6.92 Å². The van der Waals surface area contributed by atoms with Gasteiger partial charge < -0.3 is 18.9 Å². The number of rotatable bonds is 3. The first-order chi connectivity index (χ1) is 15.8. The van der Waals surface area contributed by atoms with Gasteiger partial charge in [0.25, 0.3) is 0 Å². The first-order valence-electron chi connectivity index (χ1n) is 12.1. The number of alkyl halides is 1. The summed E-state index contributed by atoms with van der Waals surface area (Å²) >= 11 is 6.93. The molecule has 8 heteroatoms. The lowest BCUT2D eigenvalue weighted by atomic mass is 9.46. The molecule has 9 atom stereocenters. The van der Waals surface area contributed by atoms with Crippen LogP contribution in [0.2, 0.25) is 0 Å². The van der Waals surface area contributed by atoms with E-state index in [-0.39, 0.29) is 41.5 Å². The number of hydrogen-bond donors (Lipinski definition) is 0. The van der Waals surface area contributed by atoms with Crippen molar-refractivity contribution in [2.75, 3.05) is 6.61 Å². The molecule has 0 radical (unpaired) electrons. The van der Waals surface area contributed by atoms with Crippen molar-refractivity contribution >= 4 is 29.1 Å². The van der Waals surface area contributed by atoms with Crippen molar-refractivity contribution in [3.8, 4) is 0 Å². The Bertz CT molecular complexity index is 1080. The van der Waals surface area contributed by atoms with Crippen LogP contribution in [0, 0.1) is 22.7 Å². The van der Waals surface area contributed by atoms with E-state index in [1.54, 1.807) is 12.2 Å². The van der Waals surface area contributed by atoms with Crippen LogP contribution in [-0.2, 0) is 33.3 Å². The minimum atomic E-state index is -1.23. The molecule has 184 valence electrons. The Kier molecular flexibility index (Phi) is 4.45. The molecule has 0 N–H and O–H groups in total. The number of epoxide rings is 1. The van der Waals surface area contributed by atoms with Crippen molar-refractivity contribution in [1.29, 1.82) is 0 Å². The number of fused-ring (bicyclic) bond motifs is 5. The van der Waals surface area contributed by atoms with E-state index >= 15 is 0 Å². The number of allylic oxidation sites excluding steroid dienone is 2. The molecule has 0 amide bonds. The van der Waals surface area contributed by atoms with Gasteiger partial charge in [-0.25, -0.2) is 0 Å². The average Bonchev–Trinajstić information content (AvgIpc) is 3.32. The third-order valence-electron chi connectivity index (χ3n) is 9.73. The monoisotopic (exact) mass is 490 g/mol. The molecule has 4 aliphatic carbocycles. The second-order valence-corrected chi connectivity index (χ2v) is 12.3. The lowest BCUT2D eigenvalue weighted by molar-refractivity contribution is -0.212. The number of esters is 1. The molecule has 2 aliphatic heterocycles. The van der Waals surface area contributed by atoms with Crippen LogP contribution in [-0.4, -0.2) is 58.7 Å². The summed E-state index contributed by atoms with van der Waals surface area (Å²) < 4.78 is 24.6. The molecule has 0 aromatic rings. The summed E-state index contributed by atoms with van der Waals surface area (Å²) in [5.74, 6) is -1.61. The smallest absolute Gasteiger partial charge is 0.303 e. The van der Waals surface area contributed by atoms with Gasteiger partial charge in [-0.05, 0) is 69.6 Å². The minimum Gasteiger partial charge on any atom is -0.458 e. The summed E-state index contributed by atoms with van der Waals surface area (Å²) in [4.78, 5) is 37.4. The third-order valence-corrected chi connectivity index (χ3v) is 10.1. The van der Waals surface area contributed by atoms with Gasteiger partial charge in [-0.15, -0.1) is 11.6 Å². The standard InChI is InChI=1S/C26H31ClO7/c1-13(28)31-12-19(30)26-20(32-22(2,3)34-26)10-15-16-9-18(27)17-8-14(29)6-7-23(17,4)25(16)21(33-25)11-24(15,26)5/h6-8,15-16,18,20-21H,9-12H2,1-5H3/t15-,16+,18+,20-,21-,23+,24+,25+,26-/m1/s1. The quantitative estimate of drug-likeness (QED) is 0.340. The summed E-state index contributed by atoms with van der Waals surface area (Å²) in [6.07, 6.45) is 6.64. The predicted molar refractivity (Wildman–Crippen MR) is 121 cm³/mol. The second-order valence-electron chi connectivity index (χ2n) is 11.8. The van der Waals surface area contributed by atoms with Crippen LogP contribution in [0.3, 0.4) is 0 Å². The lowest BCUT2D eigenvalue weighted by Gasteiger charge is -2.56. The van der Waals surface area contributed by atoms with Crippen molar-refractivity contribution in [1.82, 2.24) is 0 Å². The van der Waals surface area contributed by atoms with E-state index in [9.17, 15) is 14.4 Å². The van der Waals surface area contributed by atoms with E-state index in [2.05, 4.69) is 13.8 Å². The second kappa shape index (κ2) is 6.61. The number of carbonyl (C=O) groups excluding carboxylic acids is 3. The fraction of sp³-hybridized carbons (Fsp3) is 0.731. The van der Waals surface area contributed by atoms with Crippen LogP contribution in [0.1, 0.15) is 53.9 Å². The Labute approximate surface area is 204 Å². The topological polar surface area (TPSA) is 91.4 Å². The molecule has 3 saturated carbocycles. The molecule has 0 aromatic heterocycles. The van der Waals surface area contributed by atoms with Crippen molar-refractivity contribution in [3.63, 3.8) is 0 Å². The van der Waals surface area contributed by atoms with Gasteiger partial charge >= 0.3 is 5.97 Å². The zero-order valence-electron chi connectivity index (χ0n) is 20.2. The minimum absolute atomic E-state index is 0.0414. The van der Waals surface area contributed by atoms with Gasteiger partial charge in [0.2, 0.25) is 5.78 Å². The number of ether oxygens (including phenoxy) is 4. The Morgan fingerprint density at radius 2 is 1.85 bits per heavy atom. The number of Topliss-reactive ketones (excluding diaryl/α,β-unsaturated/α-hetero) is 1. The van der Waals surface area contributed by atoms with Crippen molar-refractivity contribution < 1.29 is 33.3 Å². The molecule has 2 saturated heterocycles. The summed E-state index contributed by atoms with van der Waals surface area (Å²) in [6.45, 7) is 8.82. The van der Waals surface area contributed by atoms with E-state index in [4.69, 9.17) is 30.5 Å². The van der Waals surface area contributed by atoms with E-state index in [1.807, 2.05) is 19.9 Å². The zero-order valence-corrected chi connectivity index (χ0v) is 20.9. The maximum Gasteiger partial charge on any atom is 0.303 e. The van der Waals surface area contributed by atoms with Gasteiger partial charge in [0.15, 0.2) is 23.8 Å². The van der Waals surface area contributed by atoms with Crippen LogP contribution < -0.4 is 0 Å². The Morgan fingerprint density at radius 1 is 1.12 bits per heavy atom. The molecule has 0 bridgehead atoms. The molecule has 34 heavy (non-hydrogen) atoms. The highest BCUT2D eigenvalue weighted by molar-refractivity contribution is 6.23. The van der Waals surface area contributed by atoms with Crippen LogP contribution >= 0.6 is 11.6 Å². The van der Waals surface area contributed by atoms with E-state index in [0.717, 1.165) is 5.57 Å². The Morgan fingerprint density at radius 3 is 2.56 bits per heavy atom. The molecule has 2 heterocycles. The fourth-order valence-electron chi connectivity index (χ4n) is 8.51. The van der Waals surface area contributed by atoms with Gasteiger partial charge in [0, 0.05) is 17.8 Å². The predicted octanol–water partition coefficient (Wildman–Crippen LogP) is 3.28. The fourth-order valence-corrected chi connectivity index (χ4v) is 8.99. The molecule has 0 unspecified atom stereocenters. The van der Waals surface area contributed by atoms with Gasteiger partial charge in [-0.3, -0.25) is 14.4 Å². The Hall–Kier alpha value is -1.54. The highest BCUT2D eigenvalue weighted by Crippen LogP contribution is 2.77. The number of halogens is 1. The summed E-state index contributed by atoms with van der Waals surface area (Å²) in [7, 11) is 0. The number of hydrogen-bond acceptors (Lipinski definition) is 7. The SMILES string of the molecule is CC(=O)OCC(=O)[C@@]12OC(C)(C)O[C@@H]1C[C@@H]1[C@@H]3C[C@H](Cl)C4=CC(=O)C=C[C@]4(C)[C@]34O[C@@H]4C[C@@]12C. The zero-order chi connectivity index (χ0) is 24.5. The first kappa shape index (κ1) is 22.9. The van der Waals surface area contributed by atoms with Crippen molar-refractivity contribution in [2.45, 2.75) is 88.5 Å². The van der Waals surface area contributed by atoms with Gasteiger partial charge in [-0.1, -0.05) is 13.0 Å². The normalized spacial score (nSPS) is 51.4. The average molecular weight is 491 g/mol. The largest absolute Gasteiger partial charge is 0.458 e. The number of ketones is 2. The molecule has 5 fully saturated rings. The molecular weight excluding hydrogens is 460 g/mol. The van der Waals surface area contributed by atoms with Crippen molar-refractivity contribution in [2.24, 2.45) is 22.7 Å². The van der Waals surface area contributed by atoms with Gasteiger partial charge in [-0.2, -0.15) is 0 Å². The molecular formula is C26H31ClO7. The highest BCUT2D eigenvalue weighted by Gasteiger charge is 2.85. The van der Waals surface area contributed by atoms with Crippen molar-refractivity contribution in [3.05, 3.63) is 23.8 Å². The molecule has 6 aliphatic rings. The van der Waals surface area contributed by atoms with Crippen LogP contribution in [0.15, 0.2) is 23.8 Å². The summed E-state index contributed by atoms with van der Waals surface area (Å²) in [5, 5.41) is -0.298. The molecule has 6 rings (SSSR count). The molecule has 0 aromatic carbocycles. The van der Waals surface area contributed by atoms with Crippen LogP contribution in [0.25, 0.3) is 0 Å². The first-order valence-corrected chi connectivity index (χ1v) is 12.6. The number of carbonyl (C=O) groups is 3. The summed E-state index contributed by atoms with van der Waals surface area (Å²) in [5.41, 5.74) is -1.82. The third kappa shape index (κ3) is 2.52. The molecule has 1 spiro atoms. The summed E-state index contributed by atoms with van der Waals surface area (Å²) in [6, 6.07) is 0.